The number of aromatic nitrogens is 1. The quantitative estimate of drug-likeness (QED) is 0.879. The van der Waals surface area contributed by atoms with Crippen molar-refractivity contribution in [1.82, 2.24) is 15.2 Å². The van der Waals surface area contributed by atoms with Gasteiger partial charge in [0.15, 0.2) is 5.13 Å². The van der Waals surface area contributed by atoms with Crippen LogP contribution in [0.2, 0.25) is 0 Å². The fraction of sp³-hybridized carbons (Fsp3) is 0.700. The van der Waals surface area contributed by atoms with Crippen LogP contribution in [0.15, 0.2) is 6.20 Å². The lowest BCUT2D eigenvalue weighted by molar-refractivity contribution is 0.174. The summed E-state index contributed by atoms with van der Waals surface area (Å²) in [4.78, 5) is 10.2. The van der Waals surface area contributed by atoms with Gasteiger partial charge in [-0.05, 0) is 7.05 Å². The number of anilines is 1. The molecule has 1 aliphatic rings. The van der Waals surface area contributed by atoms with E-state index >= 15 is 0 Å². The summed E-state index contributed by atoms with van der Waals surface area (Å²) in [6, 6.07) is 0.704. The molecule has 1 aliphatic heterocycles. The first-order valence-corrected chi connectivity index (χ1v) is 6.01. The van der Waals surface area contributed by atoms with Gasteiger partial charge < -0.3 is 10.2 Å². The van der Waals surface area contributed by atoms with Gasteiger partial charge >= 0.3 is 0 Å². The van der Waals surface area contributed by atoms with Crippen molar-refractivity contribution >= 4 is 28.9 Å². The van der Waals surface area contributed by atoms with Gasteiger partial charge in [-0.25, -0.2) is 4.98 Å². The van der Waals surface area contributed by atoms with Crippen molar-refractivity contribution in [3.05, 3.63) is 11.1 Å². The molecule has 2 heterocycles. The fourth-order valence-electron chi connectivity index (χ4n) is 1.54. The van der Waals surface area contributed by atoms with Crippen molar-refractivity contribution in [3.8, 4) is 0 Å². The molecule has 0 radical (unpaired) electrons. The van der Waals surface area contributed by atoms with Gasteiger partial charge in [-0.1, -0.05) is 0 Å². The molecule has 1 fully saturated rings. The van der Waals surface area contributed by atoms with Crippen molar-refractivity contribution in [1.29, 1.82) is 0 Å². The molecule has 6 heteroatoms. The number of likely N-dealkylation sites (N-methyl/N-ethyl adjacent to an activating group) is 1. The molecule has 16 heavy (non-hydrogen) atoms. The minimum Gasteiger partial charge on any atom is -0.354 e. The number of nitrogens with zero attached hydrogens (tertiary/aromatic N) is 3. The van der Waals surface area contributed by atoms with Gasteiger partial charge in [-0.3, -0.25) is 4.90 Å². The van der Waals surface area contributed by atoms with E-state index in [4.69, 9.17) is 0 Å². The number of thiazole rings is 1. The van der Waals surface area contributed by atoms with E-state index in [2.05, 4.69) is 27.1 Å². The number of rotatable bonds is 4. The zero-order valence-electron chi connectivity index (χ0n) is 9.93. The second kappa shape index (κ2) is 5.82. The van der Waals surface area contributed by atoms with Crippen LogP contribution in [-0.4, -0.2) is 50.2 Å². The highest BCUT2D eigenvalue weighted by molar-refractivity contribution is 7.15. The highest BCUT2D eigenvalue weighted by atomic mass is 35.5. The molecule has 1 N–H and O–H groups in total. The third kappa shape index (κ3) is 3.07. The van der Waals surface area contributed by atoms with Crippen LogP contribution in [0.3, 0.4) is 0 Å². The predicted molar refractivity (Wildman–Crippen MR) is 71.8 cm³/mol. The van der Waals surface area contributed by atoms with E-state index in [-0.39, 0.29) is 12.4 Å². The van der Waals surface area contributed by atoms with Crippen LogP contribution in [-0.2, 0) is 6.54 Å². The smallest absolute Gasteiger partial charge is 0.185 e. The molecule has 0 atom stereocenters. The van der Waals surface area contributed by atoms with Crippen LogP contribution in [0.25, 0.3) is 0 Å². The average Bonchev–Trinajstić information content (AvgIpc) is 2.48. The fourth-order valence-corrected chi connectivity index (χ4v) is 2.43. The van der Waals surface area contributed by atoms with E-state index in [1.54, 1.807) is 11.3 Å². The second-order valence-corrected chi connectivity index (χ2v) is 5.32. The van der Waals surface area contributed by atoms with E-state index in [0.29, 0.717) is 6.04 Å². The Morgan fingerprint density at radius 3 is 2.56 bits per heavy atom. The molecule has 1 aromatic heterocycles. The SMILES string of the molecule is CN(C)c1ncc(CN(C)C2CNC2)s1.Cl. The lowest BCUT2D eigenvalue weighted by Gasteiger charge is -2.35. The zero-order chi connectivity index (χ0) is 10.8. The van der Waals surface area contributed by atoms with Crippen molar-refractivity contribution < 1.29 is 0 Å². The largest absolute Gasteiger partial charge is 0.354 e. The summed E-state index contributed by atoms with van der Waals surface area (Å²) in [5, 5.41) is 4.38. The monoisotopic (exact) mass is 262 g/mol. The number of nitrogens with one attached hydrogen (secondary N) is 1. The molecule has 0 saturated carbocycles. The molecule has 2 rings (SSSR count). The number of hydrogen-bond acceptors (Lipinski definition) is 5. The first-order valence-electron chi connectivity index (χ1n) is 5.20. The van der Waals surface area contributed by atoms with Crippen molar-refractivity contribution in [2.24, 2.45) is 0 Å². The van der Waals surface area contributed by atoms with Crippen LogP contribution in [0.4, 0.5) is 5.13 Å². The van der Waals surface area contributed by atoms with Crippen molar-refractivity contribution in [2.45, 2.75) is 12.6 Å². The van der Waals surface area contributed by atoms with Crippen LogP contribution in [0, 0.1) is 0 Å². The van der Waals surface area contributed by atoms with Crippen LogP contribution >= 0.6 is 23.7 Å². The van der Waals surface area contributed by atoms with Gasteiger partial charge in [0.2, 0.25) is 0 Å². The maximum Gasteiger partial charge on any atom is 0.185 e. The molecular formula is C10H19ClN4S. The molecule has 1 saturated heterocycles. The first kappa shape index (κ1) is 13.7. The van der Waals surface area contributed by atoms with E-state index in [9.17, 15) is 0 Å². The van der Waals surface area contributed by atoms with Gasteiger partial charge in [0.05, 0.1) is 0 Å². The molecule has 0 aromatic carbocycles. The Morgan fingerprint density at radius 1 is 1.44 bits per heavy atom. The minimum atomic E-state index is 0. The lowest BCUT2D eigenvalue weighted by atomic mass is 10.1. The normalized spacial score (nSPS) is 15.8. The molecule has 0 spiro atoms. The summed E-state index contributed by atoms with van der Waals surface area (Å²) in [5.74, 6) is 0. The maximum atomic E-state index is 4.37. The Balaban J connectivity index is 0.00000128. The Bertz CT molecular complexity index is 324. The summed E-state index contributed by atoms with van der Waals surface area (Å²) < 4.78 is 0. The first-order chi connectivity index (χ1) is 7.16. The van der Waals surface area contributed by atoms with Crippen LogP contribution in [0.5, 0.6) is 0 Å². The van der Waals surface area contributed by atoms with E-state index in [1.165, 1.54) is 4.88 Å². The number of halogens is 1. The Kier molecular flexibility index (Phi) is 4.98. The zero-order valence-corrected chi connectivity index (χ0v) is 11.6. The molecule has 1 aromatic rings. The maximum absolute atomic E-state index is 4.37. The van der Waals surface area contributed by atoms with E-state index < -0.39 is 0 Å². The molecule has 0 bridgehead atoms. The summed E-state index contributed by atoms with van der Waals surface area (Å²) in [5.41, 5.74) is 0. The third-order valence-corrected chi connectivity index (χ3v) is 3.86. The number of hydrogen-bond donors (Lipinski definition) is 1. The van der Waals surface area contributed by atoms with Gasteiger partial charge in [0.25, 0.3) is 0 Å². The van der Waals surface area contributed by atoms with E-state index in [0.717, 1.165) is 24.8 Å². The Labute approximate surface area is 107 Å². The highest BCUT2D eigenvalue weighted by Crippen LogP contribution is 2.22. The van der Waals surface area contributed by atoms with Crippen molar-refractivity contribution in [3.63, 3.8) is 0 Å². The molecule has 4 nitrogen and oxygen atoms in total. The molecule has 0 amide bonds. The average molecular weight is 263 g/mol. The topological polar surface area (TPSA) is 31.4 Å². The molecule has 0 aliphatic carbocycles. The Hall–Kier alpha value is -0.360. The predicted octanol–water partition coefficient (Wildman–Crippen LogP) is 1.03. The van der Waals surface area contributed by atoms with Crippen molar-refractivity contribution in [2.75, 3.05) is 39.1 Å². The molecule has 0 unspecified atom stereocenters. The van der Waals surface area contributed by atoms with Crippen LogP contribution in [0.1, 0.15) is 4.88 Å². The highest BCUT2D eigenvalue weighted by Gasteiger charge is 2.21. The summed E-state index contributed by atoms with van der Waals surface area (Å²) in [6.07, 6.45) is 1.99. The van der Waals surface area contributed by atoms with Gasteiger partial charge in [-0.15, -0.1) is 23.7 Å². The molecular weight excluding hydrogens is 244 g/mol. The third-order valence-electron chi connectivity index (χ3n) is 2.71. The molecule has 92 valence electrons. The standard InChI is InChI=1S/C10H18N4S.ClH/c1-13(2)10-12-6-9(15-10)7-14(3)8-4-11-5-8;/h6,8,11H,4-5,7H2,1-3H3;1H. The van der Waals surface area contributed by atoms with E-state index in [1.807, 2.05) is 20.3 Å². The summed E-state index contributed by atoms with van der Waals surface area (Å²) in [7, 11) is 6.24. The summed E-state index contributed by atoms with van der Waals surface area (Å²) in [6.45, 7) is 3.25. The van der Waals surface area contributed by atoms with Crippen LogP contribution < -0.4 is 10.2 Å². The van der Waals surface area contributed by atoms with Gasteiger partial charge in [-0.2, -0.15) is 0 Å². The van der Waals surface area contributed by atoms with Gasteiger partial charge in [0.1, 0.15) is 0 Å². The minimum absolute atomic E-state index is 0. The second-order valence-electron chi connectivity index (χ2n) is 4.23. The lowest BCUT2D eigenvalue weighted by Crippen LogP contribution is -2.55. The Morgan fingerprint density at radius 2 is 2.12 bits per heavy atom. The van der Waals surface area contributed by atoms with Gasteiger partial charge in [0, 0.05) is 50.8 Å². The summed E-state index contributed by atoms with van der Waals surface area (Å²) >= 11 is 1.77.